The van der Waals surface area contributed by atoms with E-state index in [2.05, 4.69) is 24.3 Å². The Morgan fingerprint density at radius 1 is 1.50 bits per heavy atom. The minimum absolute atomic E-state index is 0.540. The van der Waals surface area contributed by atoms with Gasteiger partial charge < -0.3 is 5.32 Å². The lowest BCUT2D eigenvalue weighted by Gasteiger charge is -2.10. The van der Waals surface area contributed by atoms with Gasteiger partial charge in [-0.05, 0) is 24.7 Å². The molecule has 4 heteroatoms. The van der Waals surface area contributed by atoms with Crippen LogP contribution in [-0.4, -0.2) is 16.3 Å². The minimum atomic E-state index is 0.540. The highest BCUT2D eigenvalue weighted by Gasteiger charge is 2.36. The van der Waals surface area contributed by atoms with E-state index in [4.69, 9.17) is 11.6 Å². The SMILES string of the molecule is CCc1nn(C)c(CNCC2(C)CC2)c1Cl. The number of nitrogens with zero attached hydrogens (tertiary/aromatic N) is 2. The van der Waals surface area contributed by atoms with E-state index in [0.717, 1.165) is 35.9 Å². The summed E-state index contributed by atoms with van der Waals surface area (Å²) in [5.41, 5.74) is 2.64. The van der Waals surface area contributed by atoms with Gasteiger partial charge in [-0.25, -0.2) is 0 Å². The number of rotatable bonds is 5. The number of nitrogens with one attached hydrogen (secondary N) is 1. The van der Waals surface area contributed by atoms with Gasteiger partial charge in [-0.2, -0.15) is 5.10 Å². The molecule has 1 aromatic heterocycles. The molecule has 0 atom stereocenters. The summed E-state index contributed by atoms with van der Waals surface area (Å²) in [6, 6.07) is 0. The average Bonchev–Trinajstić information content (AvgIpc) is 2.91. The molecule has 90 valence electrons. The largest absolute Gasteiger partial charge is 0.311 e. The van der Waals surface area contributed by atoms with Gasteiger partial charge in [0, 0.05) is 20.1 Å². The van der Waals surface area contributed by atoms with Crippen molar-refractivity contribution >= 4 is 11.6 Å². The number of aryl methyl sites for hydroxylation is 2. The van der Waals surface area contributed by atoms with Crippen LogP contribution in [0.4, 0.5) is 0 Å². The third-order valence-electron chi connectivity index (χ3n) is 3.45. The van der Waals surface area contributed by atoms with E-state index in [9.17, 15) is 0 Å². The Labute approximate surface area is 102 Å². The normalized spacial score (nSPS) is 17.8. The molecule has 0 radical (unpaired) electrons. The maximum absolute atomic E-state index is 6.27. The Morgan fingerprint density at radius 2 is 2.19 bits per heavy atom. The van der Waals surface area contributed by atoms with Crippen LogP contribution in [0.5, 0.6) is 0 Å². The first-order valence-corrected chi connectivity index (χ1v) is 6.34. The summed E-state index contributed by atoms with van der Waals surface area (Å²) in [4.78, 5) is 0. The van der Waals surface area contributed by atoms with E-state index < -0.39 is 0 Å². The summed E-state index contributed by atoms with van der Waals surface area (Å²) in [5.74, 6) is 0. The fourth-order valence-electron chi connectivity index (χ4n) is 1.88. The maximum Gasteiger partial charge on any atom is 0.0863 e. The second-order valence-electron chi connectivity index (χ2n) is 5.10. The fraction of sp³-hybridized carbons (Fsp3) is 0.750. The second-order valence-corrected chi connectivity index (χ2v) is 5.48. The van der Waals surface area contributed by atoms with Crippen molar-refractivity contribution in [1.29, 1.82) is 0 Å². The summed E-state index contributed by atoms with van der Waals surface area (Å²) in [6.07, 6.45) is 3.59. The molecule has 1 aliphatic rings. The van der Waals surface area contributed by atoms with Gasteiger partial charge >= 0.3 is 0 Å². The van der Waals surface area contributed by atoms with Crippen LogP contribution >= 0.6 is 11.6 Å². The van der Waals surface area contributed by atoms with Crippen LogP contribution in [-0.2, 0) is 20.0 Å². The van der Waals surface area contributed by atoms with Gasteiger partial charge in [0.05, 0.1) is 16.4 Å². The summed E-state index contributed by atoms with van der Waals surface area (Å²) in [7, 11) is 1.96. The molecule has 1 heterocycles. The van der Waals surface area contributed by atoms with Gasteiger partial charge in [-0.1, -0.05) is 25.4 Å². The standard InChI is InChI=1S/C12H20ClN3/c1-4-9-11(13)10(16(3)15-9)7-14-8-12(2)5-6-12/h14H,4-8H2,1-3H3. The van der Waals surface area contributed by atoms with Gasteiger partial charge in [-0.3, -0.25) is 4.68 Å². The first-order valence-electron chi connectivity index (χ1n) is 5.97. The zero-order valence-corrected chi connectivity index (χ0v) is 11.1. The Kier molecular flexibility index (Phi) is 3.27. The number of hydrogen-bond donors (Lipinski definition) is 1. The molecule has 0 amide bonds. The molecule has 16 heavy (non-hydrogen) atoms. The van der Waals surface area contributed by atoms with Crippen molar-refractivity contribution in [3.63, 3.8) is 0 Å². The molecule has 1 aliphatic carbocycles. The third-order valence-corrected chi connectivity index (χ3v) is 3.89. The molecule has 0 unspecified atom stereocenters. The van der Waals surface area contributed by atoms with E-state index in [0.29, 0.717) is 5.41 Å². The van der Waals surface area contributed by atoms with E-state index in [-0.39, 0.29) is 0 Å². The molecule has 3 nitrogen and oxygen atoms in total. The van der Waals surface area contributed by atoms with Gasteiger partial charge in [0.15, 0.2) is 0 Å². The molecule has 0 spiro atoms. The van der Waals surface area contributed by atoms with E-state index in [1.165, 1.54) is 12.8 Å². The van der Waals surface area contributed by atoms with E-state index in [1.807, 2.05) is 11.7 Å². The zero-order chi connectivity index (χ0) is 11.8. The first kappa shape index (κ1) is 11.9. The molecule has 0 bridgehead atoms. The van der Waals surface area contributed by atoms with Gasteiger partial charge in [0.25, 0.3) is 0 Å². The Morgan fingerprint density at radius 3 is 2.69 bits per heavy atom. The van der Waals surface area contributed by atoms with Crippen LogP contribution in [0, 0.1) is 5.41 Å². The number of aromatic nitrogens is 2. The van der Waals surface area contributed by atoms with Gasteiger partial charge in [-0.15, -0.1) is 0 Å². The zero-order valence-electron chi connectivity index (χ0n) is 10.3. The molecule has 2 rings (SSSR count). The maximum atomic E-state index is 6.27. The summed E-state index contributed by atoms with van der Waals surface area (Å²) in [5, 5.41) is 8.71. The van der Waals surface area contributed by atoms with Crippen LogP contribution in [0.3, 0.4) is 0 Å². The van der Waals surface area contributed by atoms with Crippen LogP contribution in [0.2, 0.25) is 5.02 Å². The number of hydrogen-bond acceptors (Lipinski definition) is 2. The Bertz CT molecular complexity index is 380. The monoisotopic (exact) mass is 241 g/mol. The van der Waals surface area contributed by atoms with Crippen molar-refractivity contribution in [2.24, 2.45) is 12.5 Å². The molecular weight excluding hydrogens is 222 g/mol. The summed E-state index contributed by atoms with van der Waals surface area (Å²) >= 11 is 6.27. The van der Waals surface area contributed by atoms with Crippen LogP contribution in [0.15, 0.2) is 0 Å². The van der Waals surface area contributed by atoms with E-state index in [1.54, 1.807) is 0 Å². The highest BCUT2D eigenvalue weighted by Crippen LogP contribution is 2.44. The Hall–Kier alpha value is -0.540. The highest BCUT2D eigenvalue weighted by molar-refractivity contribution is 6.31. The Balaban J connectivity index is 1.95. The lowest BCUT2D eigenvalue weighted by atomic mass is 10.1. The van der Waals surface area contributed by atoms with Gasteiger partial charge in [0.1, 0.15) is 0 Å². The van der Waals surface area contributed by atoms with Gasteiger partial charge in [0.2, 0.25) is 0 Å². The lowest BCUT2D eigenvalue weighted by molar-refractivity contribution is 0.490. The van der Waals surface area contributed by atoms with E-state index >= 15 is 0 Å². The first-order chi connectivity index (χ1) is 7.56. The lowest BCUT2D eigenvalue weighted by Crippen LogP contribution is -2.22. The van der Waals surface area contributed by atoms with Crippen molar-refractivity contribution in [3.8, 4) is 0 Å². The molecule has 1 aromatic rings. The number of halogens is 1. The summed E-state index contributed by atoms with van der Waals surface area (Å²) in [6.45, 7) is 6.30. The molecule has 0 aromatic carbocycles. The van der Waals surface area contributed by atoms with Crippen LogP contribution in [0.1, 0.15) is 38.1 Å². The molecule has 1 fully saturated rings. The predicted octanol–water partition coefficient (Wildman–Crippen LogP) is 2.53. The molecule has 1 saturated carbocycles. The highest BCUT2D eigenvalue weighted by atomic mass is 35.5. The van der Waals surface area contributed by atoms with Crippen molar-refractivity contribution in [3.05, 3.63) is 16.4 Å². The van der Waals surface area contributed by atoms with Crippen molar-refractivity contribution < 1.29 is 0 Å². The van der Waals surface area contributed by atoms with Crippen molar-refractivity contribution in [2.45, 2.75) is 39.7 Å². The second kappa shape index (κ2) is 4.38. The minimum Gasteiger partial charge on any atom is -0.311 e. The van der Waals surface area contributed by atoms with Crippen LogP contribution in [0.25, 0.3) is 0 Å². The third kappa shape index (κ3) is 2.41. The summed E-state index contributed by atoms with van der Waals surface area (Å²) < 4.78 is 1.89. The molecule has 1 N–H and O–H groups in total. The average molecular weight is 242 g/mol. The van der Waals surface area contributed by atoms with Crippen molar-refractivity contribution in [2.75, 3.05) is 6.54 Å². The fourth-order valence-corrected chi connectivity index (χ4v) is 2.25. The van der Waals surface area contributed by atoms with Crippen molar-refractivity contribution in [1.82, 2.24) is 15.1 Å². The molecule has 0 aliphatic heterocycles. The van der Waals surface area contributed by atoms with Crippen LogP contribution < -0.4 is 5.32 Å². The topological polar surface area (TPSA) is 29.9 Å². The molecular formula is C12H20ClN3. The smallest absolute Gasteiger partial charge is 0.0863 e. The quantitative estimate of drug-likeness (QED) is 0.859. The predicted molar refractivity (Wildman–Crippen MR) is 66.6 cm³/mol. The molecule has 0 saturated heterocycles.